The number of para-hydroxylation sites is 1. The van der Waals surface area contributed by atoms with Crippen LogP contribution in [0.2, 0.25) is 0 Å². The Morgan fingerprint density at radius 2 is 1.05 bits per heavy atom. The van der Waals surface area contributed by atoms with Crippen LogP contribution >= 0.6 is 25.3 Å². The Balaban J connectivity index is 1.48. The molecule has 0 aliphatic heterocycles. The van der Waals surface area contributed by atoms with Gasteiger partial charge in [-0.25, -0.2) is 4.79 Å². The number of amides is 8. The standard InChI is InChI=1S/C55H69N11O11S2/c1-32(67)45(52(73)61-41(26-33-16-6-3-7-17-33)49(70)63-44(31-79)55(76)77)64-48(69)40(24-14-15-25-56)59-50(71)43(28-36-29-58-39-23-13-12-22-37(36)39)62-53(74)46(66(2)54(75)35-20-10-5-11-21-35)65-51(72)42(60-47(68)38(57)30-78)27-34-18-8-4-9-19-34/h3-13,16-23,29,32,38,40-46,58,67,78-79H,14-15,24-28,30-31,56-57H2,1-2H3,(H,59,71)(H,60,68)(H,61,73)(H,62,74)(H,63,70)(H,64,69)(H,65,72)(H,76,77)/t32-,38+,40+,41+,42+,43-,44+,45+,46+/m1/s1. The number of rotatable bonds is 30. The number of nitrogens with two attached hydrogens (primary N) is 2. The van der Waals surface area contributed by atoms with Crippen molar-refractivity contribution in [1.82, 2.24) is 47.1 Å². The van der Waals surface area contributed by atoms with Crippen LogP contribution < -0.4 is 48.7 Å². The molecule has 79 heavy (non-hydrogen) atoms. The quantitative estimate of drug-likeness (QED) is 0.0165. The highest BCUT2D eigenvalue weighted by Crippen LogP contribution is 2.20. The number of thiol groups is 2. The molecule has 14 N–H and O–H groups in total. The Morgan fingerprint density at radius 3 is 1.59 bits per heavy atom. The molecule has 0 aliphatic rings. The second-order valence-electron chi connectivity index (χ2n) is 18.8. The number of hydrogen-bond acceptors (Lipinski definition) is 14. The van der Waals surface area contributed by atoms with Crippen LogP contribution in [0.4, 0.5) is 0 Å². The van der Waals surface area contributed by atoms with Crippen molar-refractivity contribution in [2.24, 2.45) is 11.5 Å². The van der Waals surface area contributed by atoms with Crippen LogP contribution in [0.5, 0.6) is 0 Å². The molecule has 22 nitrogen and oxygen atoms in total. The average Bonchev–Trinajstić information content (AvgIpc) is 3.87. The number of nitrogens with zero attached hydrogens (tertiary/aromatic N) is 1. The van der Waals surface area contributed by atoms with Crippen LogP contribution in [-0.4, -0.2) is 153 Å². The summed E-state index contributed by atoms with van der Waals surface area (Å²) in [4.78, 5) is 130. The van der Waals surface area contributed by atoms with Crippen molar-refractivity contribution in [1.29, 1.82) is 0 Å². The maximum atomic E-state index is 15.0. The molecule has 5 rings (SSSR count). The molecule has 8 amide bonds. The van der Waals surface area contributed by atoms with Gasteiger partial charge in [-0.15, -0.1) is 0 Å². The van der Waals surface area contributed by atoms with Gasteiger partial charge in [0, 0.05) is 60.5 Å². The first kappa shape index (κ1) is 62.1. The summed E-state index contributed by atoms with van der Waals surface area (Å²) < 4.78 is 0. The molecular formula is C55H69N11O11S2. The predicted octanol–water partition coefficient (Wildman–Crippen LogP) is 0.100. The van der Waals surface area contributed by atoms with Gasteiger partial charge in [0.2, 0.25) is 35.4 Å². The van der Waals surface area contributed by atoms with Crippen LogP contribution in [0.25, 0.3) is 10.9 Å². The van der Waals surface area contributed by atoms with E-state index in [1.54, 1.807) is 109 Å². The minimum Gasteiger partial charge on any atom is -0.480 e. The highest BCUT2D eigenvalue weighted by Gasteiger charge is 2.38. The van der Waals surface area contributed by atoms with E-state index in [0.29, 0.717) is 34.0 Å². The summed E-state index contributed by atoms with van der Waals surface area (Å²) >= 11 is 8.14. The number of likely N-dealkylation sites (N-methyl/N-ethyl adjacent to an activating group) is 1. The summed E-state index contributed by atoms with van der Waals surface area (Å²) in [7, 11) is 1.27. The van der Waals surface area contributed by atoms with Gasteiger partial charge in [0.15, 0.2) is 6.17 Å². The number of aliphatic hydroxyl groups is 1. The first-order chi connectivity index (χ1) is 37.8. The molecule has 0 radical (unpaired) electrons. The largest absolute Gasteiger partial charge is 0.480 e. The van der Waals surface area contributed by atoms with E-state index in [1.807, 2.05) is 0 Å². The minimum atomic E-state index is -1.85. The molecule has 0 saturated heterocycles. The van der Waals surface area contributed by atoms with Gasteiger partial charge < -0.3 is 68.8 Å². The summed E-state index contributed by atoms with van der Waals surface area (Å²) in [6.07, 6.45) is -1.59. The normalized spacial score (nSPS) is 14.5. The fourth-order valence-electron chi connectivity index (χ4n) is 8.35. The summed E-state index contributed by atoms with van der Waals surface area (Å²) in [5, 5.41) is 39.3. The number of aromatic amines is 1. The van der Waals surface area contributed by atoms with Crippen LogP contribution in [-0.2, 0) is 57.6 Å². The van der Waals surface area contributed by atoms with Gasteiger partial charge in [-0.05, 0) is 67.6 Å². The molecular weight excluding hydrogens is 1050 g/mol. The van der Waals surface area contributed by atoms with Gasteiger partial charge in [-0.3, -0.25) is 38.4 Å². The fraction of sp³-hybridized carbons (Fsp3) is 0.364. The van der Waals surface area contributed by atoms with E-state index in [0.717, 1.165) is 4.90 Å². The topological polar surface area (TPSA) is 349 Å². The van der Waals surface area contributed by atoms with E-state index in [-0.39, 0.29) is 55.7 Å². The van der Waals surface area contributed by atoms with Crippen LogP contribution in [0.3, 0.4) is 0 Å². The van der Waals surface area contributed by atoms with E-state index in [2.05, 4.69) is 67.5 Å². The first-order valence-electron chi connectivity index (χ1n) is 25.5. The summed E-state index contributed by atoms with van der Waals surface area (Å²) in [5.74, 6) is -8.82. The lowest BCUT2D eigenvalue weighted by Crippen LogP contribution is -2.64. The zero-order valence-electron chi connectivity index (χ0n) is 43.7. The van der Waals surface area contributed by atoms with Crippen molar-refractivity contribution in [3.05, 3.63) is 144 Å². The monoisotopic (exact) mass is 1120 g/mol. The van der Waals surface area contributed by atoms with E-state index >= 15 is 0 Å². The lowest BCUT2D eigenvalue weighted by Gasteiger charge is -2.32. The van der Waals surface area contributed by atoms with Gasteiger partial charge in [-0.2, -0.15) is 25.3 Å². The number of nitrogens with one attached hydrogen (secondary N) is 8. The van der Waals surface area contributed by atoms with Gasteiger partial charge in [-0.1, -0.05) is 97.1 Å². The van der Waals surface area contributed by atoms with Crippen LogP contribution in [0.1, 0.15) is 53.2 Å². The number of aliphatic hydroxyl groups excluding tert-OH is 1. The second-order valence-corrected chi connectivity index (χ2v) is 19.5. The van der Waals surface area contributed by atoms with E-state index < -0.39 is 108 Å². The number of carboxylic acid groups (broad SMARTS) is 1. The number of carboxylic acids is 1. The lowest BCUT2D eigenvalue weighted by atomic mass is 10.0. The zero-order valence-corrected chi connectivity index (χ0v) is 45.5. The molecule has 1 aromatic heterocycles. The number of aromatic nitrogens is 1. The first-order valence-corrected chi connectivity index (χ1v) is 26.8. The SMILES string of the molecule is C[C@@H](O)[C@H](NC(=O)[C@H](CCCCN)NC(=O)[C@@H](Cc1c[nH]c2ccccc12)NC(=O)[C@@H](NC(=O)[C@H](Cc1ccccc1)NC(=O)[C@@H](N)CS)N(C)C(=O)c1ccccc1)C(=O)N[C@@H](Cc1ccccc1)C(=O)N[C@@H](CS)C(=O)O. The Hall–Kier alpha value is -7.77. The number of carbonyl (C=O) groups is 9. The third-order valence-electron chi connectivity index (χ3n) is 12.8. The zero-order chi connectivity index (χ0) is 57.6. The highest BCUT2D eigenvalue weighted by molar-refractivity contribution is 7.80. The van der Waals surface area contributed by atoms with Gasteiger partial charge in [0.25, 0.3) is 11.8 Å². The molecule has 5 aromatic rings. The number of aliphatic carboxylic acids is 1. The fourth-order valence-corrected chi connectivity index (χ4v) is 8.76. The smallest absolute Gasteiger partial charge is 0.327 e. The third kappa shape index (κ3) is 18.4. The Labute approximate surface area is 468 Å². The molecule has 9 atom stereocenters. The number of H-pyrrole nitrogens is 1. The van der Waals surface area contributed by atoms with E-state index in [9.17, 15) is 53.4 Å². The molecule has 1 heterocycles. The average molecular weight is 1120 g/mol. The molecule has 4 aromatic carbocycles. The lowest BCUT2D eigenvalue weighted by molar-refractivity contribution is -0.141. The third-order valence-corrected chi connectivity index (χ3v) is 13.6. The molecule has 422 valence electrons. The molecule has 0 aliphatic carbocycles. The molecule has 0 unspecified atom stereocenters. The number of unbranched alkanes of at least 4 members (excludes halogenated alkanes) is 1. The Kier molecular flexibility index (Phi) is 24.3. The molecule has 0 fully saturated rings. The van der Waals surface area contributed by atoms with Crippen molar-refractivity contribution < 1.29 is 53.4 Å². The van der Waals surface area contributed by atoms with Gasteiger partial charge >= 0.3 is 5.97 Å². The van der Waals surface area contributed by atoms with Crippen molar-refractivity contribution in [2.75, 3.05) is 25.1 Å². The highest BCUT2D eigenvalue weighted by atomic mass is 32.1. The number of carbonyl (C=O) groups excluding carboxylic acids is 8. The number of hydrogen-bond donors (Lipinski definition) is 14. The maximum absolute atomic E-state index is 15.0. The predicted molar refractivity (Wildman–Crippen MR) is 302 cm³/mol. The second kappa shape index (κ2) is 31.0. The number of fused-ring (bicyclic) bond motifs is 1. The Morgan fingerprint density at radius 1 is 0.570 bits per heavy atom. The number of benzene rings is 4. The summed E-state index contributed by atoms with van der Waals surface area (Å²) in [6, 6.07) is 22.3. The van der Waals surface area contributed by atoms with Crippen molar-refractivity contribution in [3.63, 3.8) is 0 Å². The molecule has 0 spiro atoms. The van der Waals surface area contributed by atoms with E-state index in [4.69, 9.17) is 11.5 Å². The van der Waals surface area contributed by atoms with Gasteiger partial charge in [0.1, 0.15) is 36.3 Å². The maximum Gasteiger partial charge on any atom is 0.327 e. The minimum absolute atomic E-state index is 0.0540. The van der Waals surface area contributed by atoms with Crippen LogP contribution in [0, 0.1) is 0 Å². The van der Waals surface area contributed by atoms with Crippen molar-refractivity contribution >= 4 is 89.4 Å². The Bertz CT molecular complexity index is 2860. The van der Waals surface area contributed by atoms with Crippen LogP contribution in [0.15, 0.2) is 121 Å². The summed E-state index contributed by atoms with van der Waals surface area (Å²) in [5.41, 5.74) is 14.4. The van der Waals surface area contributed by atoms with Crippen molar-refractivity contribution in [3.8, 4) is 0 Å². The van der Waals surface area contributed by atoms with Crippen molar-refractivity contribution in [2.45, 2.75) is 100 Å². The molecule has 0 saturated carbocycles. The molecule has 0 bridgehead atoms. The van der Waals surface area contributed by atoms with Gasteiger partial charge in [0.05, 0.1) is 12.1 Å². The summed E-state index contributed by atoms with van der Waals surface area (Å²) in [6.45, 7) is 1.43. The molecule has 24 heteroatoms. The van der Waals surface area contributed by atoms with E-state index in [1.165, 1.54) is 26.1 Å².